The van der Waals surface area contributed by atoms with Crippen LogP contribution < -0.4 is 0 Å². The highest BCUT2D eigenvalue weighted by atomic mass is 19.1. The molecule has 1 aromatic rings. The first kappa shape index (κ1) is 13.0. The van der Waals surface area contributed by atoms with Crippen LogP contribution in [0, 0.1) is 33.1 Å². The Kier molecular flexibility index (Phi) is 3.67. The average molecular weight is 244 g/mol. The molecule has 17 heavy (non-hydrogen) atoms. The Balaban J connectivity index is 3.24. The summed E-state index contributed by atoms with van der Waals surface area (Å²) in [5.41, 5.74) is -1.81. The molecule has 1 rings (SSSR count). The molecule has 2 atom stereocenters. The molecule has 0 amide bonds. The van der Waals surface area contributed by atoms with Crippen LogP contribution in [0.3, 0.4) is 0 Å². The fraction of sp³-hybridized carbons (Fsp3) is 0.222. The van der Waals surface area contributed by atoms with Gasteiger partial charge in [-0.15, -0.1) is 0 Å². The molecule has 0 radical (unpaired) electrons. The molecule has 0 saturated carbocycles. The number of rotatable bonds is 3. The topological polar surface area (TPSA) is 107 Å². The van der Waals surface area contributed by atoms with Crippen molar-refractivity contribution in [1.29, 1.82) is 5.26 Å². The van der Waals surface area contributed by atoms with E-state index in [0.717, 1.165) is 0 Å². The zero-order valence-electron chi connectivity index (χ0n) is 8.17. The Morgan fingerprint density at radius 2 is 1.82 bits per heavy atom. The lowest BCUT2D eigenvalue weighted by Crippen LogP contribution is -2.16. The van der Waals surface area contributed by atoms with Gasteiger partial charge in [0.1, 0.15) is 6.10 Å². The zero-order chi connectivity index (χ0) is 13.2. The molecule has 0 aromatic heterocycles. The molecule has 0 spiro atoms. The molecule has 0 fully saturated rings. The van der Waals surface area contributed by atoms with Crippen LogP contribution in [0.5, 0.6) is 0 Å². The number of hydrogen-bond acceptors (Lipinski definition) is 5. The molecular weight excluding hydrogens is 238 g/mol. The number of nitro groups is 1. The van der Waals surface area contributed by atoms with Gasteiger partial charge in [0.2, 0.25) is 11.6 Å². The summed E-state index contributed by atoms with van der Waals surface area (Å²) in [6, 6.07) is 2.25. The predicted octanol–water partition coefficient (Wildman–Crippen LogP) is 0.791. The van der Waals surface area contributed by atoms with Gasteiger partial charge in [0.05, 0.1) is 11.0 Å². The second-order valence-corrected chi connectivity index (χ2v) is 3.11. The first-order chi connectivity index (χ1) is 7.88. The lowest BCUT2D eigenvalue weighted by atomic mass is 10.0. The monoisotopic (exact) mass is 244 g/mol. The first-order valence-corrected chi connectivity index (χ1v) is 4.27. The molecule has 0 aliphatic rings. The van der Waals surface area contributed by atoms with Gasteiger partial charge in [0.15, 0.2) is 6.10 Å². The fourth-order valence-electron chi connectivity index (χ4n) is 1.18. The second-order valence-electron chi connectivity index (χ2n) is 3.11. The van der Waals surface area contributed by atoms with Crippen molar-refractivity contribution >= 4 is 5.69 Å². The maximum atomic E-state index is 13.1. The Morgan fingerprint density at radius 1 is 1.35 bits per heavy atom. The van der Waals surface area contributed by atoms with Gasteiger partial charge in [-0.25, -0.2) is 0 Å². The molecule has 0 bridgehead atoms. The van der Waals surface area contributed by atoms with Gasteiger partial charge in [0, 0.05) is 0 Å². The Morgan fingerprint density at radius 3 is 2.18 bits per heavy atom. The van der Waals surface area contributed by atoms with Crippen molar-refractivity contribution in [3.63, 3.8) is 0 Å². The SMILES string of the molecule is N#CC(O)C(O)c1cc(F)c([N+](=O)[O-])c(F)c1. The summed E-state index contributed by atoms with van der Waals surface area (Å²) in [7, 11) is 0. The molecule has 0 saturated heterocycles. The summed E-state index contributed by atoms with van der Waals surface area (Å²) >= 11 is 0. The summed E-state index contributed by atoms with van der Waals surface area (Å²) in [4.78, 5) is 9.03. The molecule has 0 aliphatic heterocycles. The largest absolute Gasteiger partial charge is 0.385 e. The third-order valence-electron chi connectivity index (χ3n) is 1.99. The lowest BCUT2D eigenvalue weighted by molar-refractivity contribution is -0.390. The zero-order valence-corrected chi connectivity index (χ0v) is 8.17. The van der Waals surface area contributed by atoms with E-state index in [1.807, 2.05) is 0 Å². The average Bonchev–Trinajstić information content (AvgIpc) is 2.25. The maximum absolute atomic E-state index is 13.1. The van der Waals surface area contributed by atoms with Gasteiger partial charge in [0.25, 0.3) is 0 Å². The van der Waals surface area contributed by atoms with E-state index in [-0.39, 0.29) is 0 Å². The minimum atomic E-state index is -1.88. The molecule has 0 heterocycles. The highest BCUT2D eigenvalue weighted by Crippen LogP contribution is 2.27. The quantitative estimate of drug-likeness (QED) is 0.464. The van der Waals surface area contributed by atoms with Crippen molar-refractivity contribution in [1.82, 2.24) is 0 Å². The minimum Gasteiger partial charge on any atom is -0.385 e. The smallest absolute Gasteiger partial charge is 0.340 e. The molecule has 0 aliphatic carbocycles. The summed E-state index contributed by atoms with van der Waals surface area (Å²) in [5, 5.41) is 36.8. The molecule has 1 aromatic carbocycles. The van der Waals surface area contributed by atoms with Crippen LogP contribution in [0.1, 0.15) is 11.7 Å². The number of halogens is 2. The number of aliphatic hydroxyl groups is 2. The van der Waals surface area contributed by atoms with Gasteiger partial charge < -0.3 is 10.2 Å². The molecule has 8 heteroatoms. The summed E-state index contributed by atoms with van der Waals surface area (Å²) in [6.07, 6.45) is -3.72. The van der Waals surface area contributed by atoms with Gasteiger partial charge in [-0.1, -0.05) is 0 Å². The van der Waals surface area contributed by atoms with Gasteiger partial charge >= 0.3 is 5.69 Å². The van der Waals surface area contributed by atoms with Gasteiger partial charge in [-0.2, -0.15) is 14.0 Å². The highest BCUT2D eigenvalue weighted by Gasteiger charge is 2.26. The van der Waals surface area contributed by atoms with Crippen LogP contribution in [0.2, 0.25) is 0 Å². The lowest BCUT2D eigenvalue weighted by Gasteiger charge is -2.12. The van der Waals surface area contributed by atoms with Crippen molar-refractivity contribution in [2.75, 3.05) is 0 Å². The van der Waals surface area contributed by atoms with E-state index in [1.165, 1.54) is 6.07 Å². The summed E-state index contributed by atoms with van der Waals surface area (Å²) in [6.45, 7) is 0. The van der Waals surface area contributed by atoms with Crippen LogP contribution in [-0.4, -0.2) is 21.2 Å². The minimum absolute atomic E-state index is 0.459. The highest BCUT2D eigenvalue weighted by molar-refractivity contribution is 5.38. The number of nitro benzene ring substituents is 1. The van der Waals surface area contributed by atoms with E-state index >= 15 is 0 Å². The number of nitriles is 1. The van der Waals surface area contributed by atoms with E-state index < -0.39 is 40.0 Å². The third kappa shape index (κ3) is 2.52. The summed E-state index contributed by atoms with van der Waals surface area (Å²) in [5.74, 6) is -2.98. The third-order valence-corrected chi connectivity index (χ3v) is 1.99. The normalized spacial score (nSPS) is 13.8. The van der Waals surface area contributed by atoms with Gasteiger partial charge in [-0.3, -0.25) is 10.1 Å². The molecule has 2 N–H and O–H groups in total. The van der Waals surface area contributed by atoms with Gasteiger partial charge in [-0.05, 0) is 17.7 Å². The molecule has 6 nitrogen and oxygen atoms in total. The number of benzene rings is 1. The maximum Gasteiger partial charge on any atom is 0.340 e. The number of hydrogen-bond donors (Lipinski definition) is 2. The first-order valence-electron chi connectivity index (χ1n) is 4.27. The predicted molar refractivity (Wildman–Crippen MR) is 49.6 cm³/mol. The summed E-state index contributed by atoms with van der Waals surface area (Å²) < 4.78 is 26.3. The van der Waals surface area contributed by atoms with Crippen LogP contribution >= 0.6 is 0 Å². The second kappa shape index (κ2) is 4.82. The van der Waals surface area contributed by atoms with Crippen LogP contribution in [-0.2, 0) is 0 Å². The molecule has 2 unspecified atom stereocenters. The Bertz CT molecular complexity index is 477. The fourth-order valence-corrected chi connectivity index (χ4v) is 1.18. The number of nitrogens with zero attached hydrogens (tertiary/aromatic N) is 2. The Labute approximate surface area is 93.5 Å². The van der Waals surface area contributed by atoms with E-state index in [1.54, 1.807) is 0 Å². The van der Waals surface area contributed by atoms with Crippen molar-refractivity contribution in [2.24, 2.45) is 0 Å². The van der Waals surface area contributed by atoms with E-state index in [0.29, 0.717) is 12.1 Å². The molecule has 90 valence electrons. The van der Waals surface area contributed by atoms with Crippen LogP contribution in [0.25, 0.3) is 0 Å². The van der Waals surface area contributed by atoms with Crippen LogP contribution in [0.4, 0.5) is 14.5 Å². The van der Waals surface area contributed by atoms with Crippen molar-refractivity contribution in [3.05, 3.63) is 39.4 Å². The molecular formula is C9H6F2N2O4. The number of aliphatic hydroxyl groups excluding tert-OH is 2. The standard InChI is InChI=1S/C9H6F2N2O4/c10-5-1-4(9(15)7(14)3-12)2-6(11)8(5)13(16)17/h1-2,7,9,14-15H. The Hall–Kier alpha value is -2.11. The van der Waals surface area contributed by atoms with Crippen molar-refractivity contribution in [2.45, 2.75) is 12.2 Å². The van der Waals surface area contributed by atoms with Crippen molar-refractivity contribution < 1.29 is 23.9 Å². The van der Waals surface area contributed by atoms with E-state index in [4.69, 9.17) is 10.4 Å². The van der Waals surface area contributed by atoms with Crippen LogP contribution in [0.15, 0.2) is 12.1 Å². The van der Waals surface area contributed by atoms with E-state index in [2.05, 4.69) is 0 Å². The van der Waals surface area contributed by atoms with E-state index in [9.17, 15) is 24.0 Å². The van der Waals surface area contributed by atoms with Crippen molar-refractivity contribution in [3.8, 4) is 6.07 Å².